The summed E-state index contributed by atoms with van der Waals surface area (Å²) < 4.78 is 64.6. The molecule has 12 heteroatoms. The van der Waals surface area contributed by atoms with Gasteiger partial charge < -0.3 is 11.1 Å². The minimum absolute atomic E-state index is 0.0778. The number of nitrogen functional groups attached to an aromatic ring is 1. The summed E-state index contributed by atoms with van der Waals surface area (Å²) in [6, 6.07) is 14.1. The van der Waals surface area contributed by atoms with E-state index >= 15 is 0 Å². The Kier molecular flexibility index (Phi) is 6.08. The van der Waals surface area contributed by atoms with Crippen molar-refractivity contribution in [2.75, 3.05) is 11.1 Å². The van der Waals surface area contributed by atoms with Crippen LogP contribution in [0.1, 0.15) is 5.56 Å². The van der Waals surface area contributed by atoms with Gasteiger partial charge >= 0.3 is 0 Å². The van der Waals surface area contributed by atoms with Gasteiger partial charge in [-0.2, -0.15) is 21.9 Å². The maximum absolute atomic E-state index is 11.9. The average Bonchev–Trinajstić information content (AvgIpc) is 2.67. The standard InChI is InChI=1S/C19H18N4O6S2/c1-12-10-13(20)2-8-17(12)22-23-18-9-5-15(11-19(18)31(27,28)29)21-14-3-6-16(7-4-14)30(24,25)26/h2-11,21H,20H2,1H3,(H,24,25,26)(H,27,28,29). The zero-order valence-corrected chi connectivity index (χ0v) is 17.7. The molecule has 10 nitrogen and oxygen atoms in total. The van der Waals surface area contributed by atoms with Gasteiger partial charge in [0.05, 0.1) is 10.6 Å². The predicted octanol–water partition coefficient (Wildman–Crippen LogP) is 4.23. The van der Waals surface area contributed by atoms with Crippen LogP contribution in [-0.2, 0) is 20.2 Å². The van der Waals surface area contributed by atoms with Crippen molar-refractivity contribution < 1.29 is 25.9 Å². The third kappa shape index (κ3) is 5.64. The molecule has 0 atom stereocenters. The van der Waals surface area contributed by atoms with Crippen molar-refractivity contribution in [3.63, 3.8) is 0 Å². The molecule has 3 rings (SSSR count). The predicted molar refractivity (Wildman–Crippen MR) is 116 cm³/mol. The monoisotopic (exact) mass is 462 g/mol. The fourth-order valence-corrected chi connectivity index (χ4v) is 3.79. The lowest BCUT2D eigenvalue weighted by molar-refractivity contribution is 0.481. The molecule has 0 spiro atoms. The molecule has 0 aromatic heterocycles. The van der Waals surface area contributed by atoms with E-state index < -0.39 is 25.1 Å². The smallest absolute Gasteiger partial charge is 0.296 e. The molecule has 0 bridgehead atoms. The van der Waals surface area contributed by atoms with Crippen molar-refractivity contribution in [1.29, 1.82) is 0 Å². The van der Waals surface area contributed by atoms with Crippen LogP contribution in [0.4, 0.5) is 28.4 Å². The van der Waals surface area contributed by atoms with Crippen LogP contribution in [0.5, 0.6) is 0 Å². The average molecular weight is 463 g/mol. The molecule has 0 saturated carbocycles. The highest BCUT2D eigenvalue weighted by Crippen LogP contribution is 2.31. The van der Waals surface area contributed by atoms with Crippen LogP contribution in [0, 0.1) is 6.92 Å². The second-order valence-electron chi connectivity index (χ2n) is 6.53. The van der Waals surface area contributed by atoms with Crippen molar-refractivity contribution in [2.24, 2.45) is 10.2 Å². The van der Waals surface area contributed by atoms with Crippen molar-refractivity contribution in [3.8, 4) is 0 Å². The van der Waals surface area contributed by atoms with Gasteiger partial charge in [-0.15, -0.1) is 5.11 Å². The molecule has 0 fully saturated rings. The molecular weight excluding hydrogens is 444 g/mol. The summed E-state index contributed by atoms with van der Waals surface area (Å²) in [5.41, 5.74) is 8.09. The summed E-state index contributed by atoms with van der Waals surface area (Å²) in [5, 5.41) is 10.8. The Morgan fingerprint density at radius 1 is 0.774 bits per heavy atom. The van der Waals surface area contributed by atoms with Crippen LogP contribution < -0.4 is 11.1 Å². The van der Waals surface area contributed by atoms with Crippen molar-refractivity contribution >= 4 is 48.7 Å². The zero-order valence-electron chi connectivity index (χ0n) is 16.1. The summed E-state index contributed by atoms with van der Waals surface area (Å²) >= 11 is 0. The number of nitrogens with one attached hydrogen (secondary N) is 1. The van der Waals surface area contributed by atoms with E-state index in [1.54, 1.807) is 25.1 Å². The van der Waals surface area contributed by atoms with Gasteiger partial charge in [0.15, 0.2) is 0 Å². The molecule has 3 aromatic rings. The maximum atomic E-state index is 11.9. The molecule has 0 unspecified atom stereocenters. The maximum Gasteiger partial charge on any atom is 0.296 e. The number of hydrogen-bond donors (Lipinski definition) is 4. The molecule has 0 heterocycles. The van der Waals surface area contributed by atoms with E-state index in [9.17, 15) is 21.4 Å². The lowest BCUT2D eigenvalue weighted by Gasteiger charge is -2.10. The highest BCUT2D eigenvalue weighted by Gasteiger charge is 2.17. The zero-order chi connectivity index (χ0) is 22.8. The van der Waals surface area contributed by atoms with Gasteiger partial charge in [-0.05, 0) is 73.2 Å². The van der Waals surface area contributed by atoms with Gasteiger partial charge in [-0.3, -0.25) is 9.11 Å². The molecule has 0 amide bonds. The van der Waals surface area contributed by atoms with Gasteiger partial charge in [0.2, 0.25) is 0 Å². The second-order valence-corrected chi connectivity index (χ2v) is 9.34. The third-order valence-corrected chi connectivity index (χ3v) is 5.92. The lowest BCUT2D eigenvalue weighted by atomic mass is 10.2. The molecule has 0 aliphatic carbocycles. The summed E-state index contributed by atoms with van der Waals surface area (Å²) in [5.74, 6) is 0. The van der Waals surface area contributed by atoms with Crippen molar-refractivity contribution in [2.45, 2.75) is 16.7 Å². The van der Waals surface area contributed by atoms with Crippen LogP contribution in [0.15, 0.2) is 80.7 Å². The van der Waals surface area contributed by atoms with Gasteiger partial charge in [-0.25, -0.2) is 0 Å². The van der Waals surface area contributed by atoms with Crippen molar-refractivity contribution in [3.05, 3.63) is 66.2 Å². The Bertz CT molecular complexity index is 1370. The SMILES string of the molecule is Cc1cc(N)ccc1N=Nc1ccc(Nc2ccc(S(=O)(=O)O)cc2)cc1S(=O)(=O)O. The molecule has 162 valence electrons. The molecule has 5 N–H and O–H groups in total. The quantitative estimate of drug-likeness (QED) is 0.239. The van der Waals surface area contributed by atoms with E-state index in [0.29, 0.717) is 17.1 Å². The van der Waals surface area contributed by atoms with Gasteiger partial charge in [-0.1, -0.05) is 0 Å². The summed E-state index contributed by atoms with van der Waals surface area (Å²) in [6.07, 6.45) is 0. The molecule has 31 heavy (non-hydrogen) atoms. The third-order valence-electron chi connectivity index (χ3n) is 4.16. The number of rotatable bonds is 6. The first-order valence-corrected chi connectivity index (χ1v) is 11.6. The topological polar surface area (TPSA) is 172 Å². The molecule has 0 aliphatic heterocycles. The second kappa shape index (κ2) is 8.43. The number of anilines is 3. The first-order valence-electron chi connectivity index (χ1n) is 8.67. The summed E-state index contributed by atoms with van der Waals surface area (Å²) in [6.45, 7) is 1.77. The minimum atomic E-state index is -4.62. The van der Waals surface area contributed by atoms with Crippen LogP contribution >= 0.6 is 0 Å². The molecule has 3 aromatic carbocycles. The molecular formula is C19H18N4O6S2. The fourth-order valence-electron chi connectivity index (χ4n) is 2.66. The van der Waals surface area contributed by atoms with Crippen LogP contribution in [0.25, 0.3) is 0 Å². The van der Waals surface area contributed by atoms with E-state index in [1.807, 2.05) is 0 Å². The number of aryl methyl sites for hydroxylation is 1. The summed E-state index contributed by atoms with van der Waals surface area (Å²) in [7, 11) is -8.95. The molecule has 0 radical (unpaired) electrons. The number of benzene rings is 3. The fraction of sp³-hybridized carbons (Fsp3) is 0.0526. The first-order chi connectivity index (χ1) is 14.4. The Morgan fingerprint density at radius 2 is 1.35 bits per heavy atom. The number of hydrogen-bond acceptors (Lipinski definition) is 8. The highest BCUT2D eigenvalue weighted by molar-refractivity contribution is 7.86. The van der Waals surface area contributed by atoms with E-state index in [4.69, 9.17) is 10.3 Å². The number of azo groups is 1. The summed E-state index contributed by atoms with van der Waals surface area (Å²) in [4.78, 5) is -0.755. The molecule has 0 saturated heterocycles. The largest absolute Gasteiger partial charge is 0.399 e. The number of nitrogens with zero attached hydrogens (tertiary/aromatic N) is 2. The Hall–Kier alpha value is -3.32. The Labute approximate surface area is 179 Å². The van der Waals surface area contributed by atoms with Crippen LogP contribution in [-0.4, -0.2) is 25.9 Å². The number of nitrogens with two attached hydrogens (primary N) is 1. The van der Waals surface area contributed by atoms with Crippen molar-refractivity contribution in [1.82, 2.24) is 0 Å². The van der Waals surface area contributed by atoms with Crippen LogP contribution in [0.2, 0.25) is 0 Å². The minimum Gasteiger partial charge on any atom is -0.399 e. The van der Waals surface area contributed by atoms with E-state index in [1.165, 1.54) is 36.4 Å². The van der Waals surface area contributed by atoms with Gasteiger partial charge in [0.25, 0.3) is 20.2 Å². The van der Waals surface area contributed by atoms with E-state index in [0.717, 1.165) is 11.6 Å². The lowest BCUT2D eigenvalue weighted by Crippen LogP contribution is -2.01. The molecule has 0 aliphatic rings. The van der Waals surface area contributed by atoms with Crippen LogP contribution in [0.3, 0.4) is 0 Å². The van der Waals surface area contributed by atoms with Gasteiger partial charge in [0, 0.05) is 17.1 Å². The Morgan fingerprint density at radius 3 is 1.94 bits per heavy atom. The normalized spacial score (nSPS) is 12.2. The van der Waals surface area contributed by atoms with Gasteiger partial charge in [0.1, 0.15) is 10.6 Å². The highest BCUT2D eigenvalue weighted by atomic mass is 32.2. The van der Waals surface area contributed by atoms with E-state index in [2.05, 4.69) is 15.5 Å². The Balaban J connectivity index is 1.92. The first kappa shape index (κ1) is 22.4. The van der Waals surface area contributed by atoms with E-state index in [-0.39, 0.29) is 16.3 Å².